The van der Waals surface area contributed by atoms with Crippen molar-refractivity contribution in [2.24, 2.45) is 4.99 Å². The molecular formula is C38H27N3O. The van der Waals surface area contributed by atoms with Gasteiger partial charge in [0.05, 0.1) is 16.9 Å². The molecule has 5 aromatic carbocycles. The summed E-state index contributed by atoms with van der Waals surface area (Å²) < 4.78 is 9.19. The molecule has 0 saturated heterocycles. The number of allylic oxidation sites excluding steroid dienone is 1. The van der Waals surface area contributed by atoms with Gasteiger partial charge in [0, 0.05) is 44.2 Å². The highest BCUT2D eigenvalue weighted by atomic mass is 16.3. The van der Waals surface area contributed by atoms with Crippen molar-refractivity contribution in [3.63, 3.8) is 0 Å². The van der Waals surface area contributed by atoms with E-state index >= 15 is 0 Å². The number of aliphatic imine (C=N–C) groups is 1. The Kier molecular flexibility index (Phi) is 5.05. The third-order valence-corrected chi connectivity index (χ3v) is 8.69. The molecule has 0 spiro atoms. The maximum absolute atomic E-state index is 6.77. The van der Waals surface area contributed by atoms with Crippen molar-refractivity contribution in [3.8, 4) is 5.69 Å². The standard InChI is InChI=1S/C38H27N3O/c1-2-12-24(13-3-1)38-39-30-19-7-4-16-27(30)36(40-38)28-17-11-23-34-35(28)29-18-10-22-33(37(29)42-34)41-31-20-8-5-14-25(31)26-15-6-9-21-32(26)41/h1-8,10-20,22-23,38-39H,9,21H2. The second-order valence-corrected chi connectivity index (χ2v) is 11.1. The normalized spacial score (nSPS) is 15.9. The number of hydrogen-bond acceptors (Lipinski definition) is 3. The monoisotopic (exact) mass is 541 g/mol. The van der Waals surface area contributed by atoms with Gasteiger partial charge in [-0.1, -0.05) is 103 Å². The predicted molar refractivity (Wildman–Crippen MR) is 173 cm³/mol. The summed E-state index contributed by atoms with van der Waals surface area (Å²) in [6, 6.07) is 40.5. The summed E-state index contributed by atoms with van der Waals surface area (Å²) in [4.78, 5) is 5.32. The highest BCUT2D eigenvalue weighted by Gasteiger charge is 2.26. The average molecular weight is 542 g/mol. The number of para-hydroxylation sites is 3. The van der Waals surface area contributed by atoms with Crippen LogP contribution in [0, 0.1) is 0 Å². The topological polar surface area (TPSA) is 42.5 Å². The van der Waals surface area contributed by atoms with Crippen molar-refractivity contribution >= 4 is 50.3 Å². The maximum atomic E-state index is 6.77. The second kappa shape index (κ2) is 9.08. The predicted octanol–water partition coefficient (Wildman–Crippen LogP) is 9.45. The molecule has 1 unspecified atom stereocenters. The number of benzene rings is 5. The molecule has 200 valence electrons. The van der Waals surface area contributed by atoms with Crippen LogP contribution in [-0.4, -0.2) is 10.3 Å². The fraction of sp³-hybridized carbons (Fsp3) is 0.0789. The number of rotatable bonds is 3. The molecule has 0 fully saturated rings. The molecule has 1 atom stereocenters. The van der Waals surface area contributed by atoms with Gasteiger partial charge in [0.2, 0.25) is 0 Å². The van der Waals surface area contributed by atoms with E-state index in [4.69, 9.17) is 9.41 Å². The number of hydrogen-bond donors (Lipinski definition) is 1. The lowest BCUT2D eigenvalue weighted by Crippen LogP contribution is -2.20. The van der Waals surface area contributed by atoms with E-state index in [1.54, 1.807) is 0 Å². The Hall–Kier alpha value is -5.35. The molecule has 4 nitrogen and oxygen atoms in total. The number of fused-ring (bicyclic) bond motifs is 7. The third-order valence-electron chi connectivity index (χ3n) is 8.69. The van der Waals surface area contributed by atoms with E-state index in [2.05, 4.69) is 131 Å². The zero-order chi connectivity index (χ0) is 27.6. The SMILES string of the molecule is C1=Cc2c(n(-c3cccc4c3oc3cccc(C5=NC(c6ccccc6)Nc6ccccc65)c34)c3ccccc23)CC1. The van der Waals surface area contributed by atoms with Crippen LogP contribution in [0.15, 0.2) is 131 Å². The van der Waals surface area contributed by atoms with Gasteiger partial charge in [-0.2, -0.15) is 0 Å². The molecule has 0 amide bonds. The number of anilines is 1. The first-order valence-electron chi connectivity index (χ1n) is 14.6. The Labute approximate surface area is 243 Å². The molecule has 1 aliphatic heterocycles. The van der Waals surface area contributed by atoms with Gasteiger partial charge in [-0.15, -0.1) is 0 Å². The lowest BCUT2D eigenvalue weighted by atomic mass is 9.94. The molecule has 3 heterocycles. The molecule has 7 aromatic rings. The zero-order valence-corrected chi connectivity index (χ0v) is 22.9. The van der Waals surface area contributed by atoms with Crippen molar-refractivity contribution in [3.05, 3.63) is 149 Å². The molecule has 2 aromatic heterocycles. The minimum absolute atomic E-state index is 0.175. The summed E-state index contributed by atoms with van der Waals surface area (Å²) in [6.07, 6.45) is 6.44. The molecule has 4 heteroatoms. The van der Waals surface area contributed by atoms with Crippen LogP contribution in [0.5, 0.6) is 0 Å². The van der Waals surface area contributed by atoms with Crippen LogP contribution in [0.3, 0.4) is 0 Å². The van der Waals surface area contributed by atoms with E-state index in [0.29, 0.717) is 0 Å². The van der Waals surface area contributed by atoms with Crippen LogP contribution in [0.4, 0.5) is 5.69 Å². The first-order chi connectivity index (χ1) is 20.8. The molecule has 0 radical (unpaired) electrons. The van der Waals surface area contributed by atoms with Gasteiger partial charge >= 0.3 is 0 Å². The molecule has 1 aliphatic carbocycles. The van der Waals surface area contributed by atoms with Gasteiger partial charge in [-0.05, 0) is 42.7 Å². The van der Waals surface area contributed by atoms with Gasteiger partial charge < -0.3 is 14.3 Å². The van der Waals surface area contributed by atoms with Gasteiger partial charge in [-0.3, -0.25) is 4.99 Å². The Bertz CT molecular complexity index is 2230. The Balaban J connectivity index is 1.31. The Morgan fingerprint density at radius 2 is 1.52 bits per heavy atom. The lowest BCUT2D eigenvalue weighted by molar-refractivity contribution is 0.664. The van der Waals surface area contributed by atoms with Crippen molar-refractivity contribution in [2.45, 2.75) is 19.0 Å². The second-order valence-electron chi connectivity index (χ2n) is 11.1. The van der Waals surface area contributed by atoms with Crippen molar-refractivity contribution in [1.29, 1.82) is 0 Å². The minimum Gasteiger partial charge on any atom is -0.454 e. The smallest absolute Gasteiger partial charge is 0.159 e. The van der Waals surface area contributed by atoms with E-state index in [1.807, 2.05) is 6.07 Å². The van der Waals surface area contributed by atoms with E-state index in [-0.39, 0.29) is 6.17 Å². The highest BCUT2D eigenvalue weighted by Crippen LogP contribution is 2.41. The summed E-state index contributed by atoms with van der Waals surface area (Å²) in [5.41, 5.74) is 12.1. The number of nitrogens with zero attached hydrogens (tertiary/aromatic N) is 2. The van der Waals surface area contributed by atoms with Crippen LogP contribution in [-0.2, 0) is 6.42 Å². The molecule has 42 heavy (non-hydrogen) atoms. The quantitative estimate of drug-likeness (QED) is 0.242. The van der Waals surface area contributed by atoms with Gasteiger partial charge in [0.1, 0.15) is 11.7 Å². The van der Waals surface area contributed by atoms with Gasteiger partial charge in [-0.25, -0.2) is 0 Å². The molecule has 0 saturated carbocycles. The summed E-state index contributed by atoms with van der Waals surface area (Å²) in [6.45, 7) is 0. The van der Waals surface area contributed by atoms with Gasteiger partial charge in [0.15, 0.2) is 5.58 Å². The highest BCUT2D eigenvalue weighted by molar-refractivity contribution is 6.26. The minimum atomic E-state index is -0.175. The fourth-order valence-corrected chi connectivity index (χ4v) is 6.85. The van der Waals surface area contributed by atoms with Gasteiger partial charge in [0.25, 0.3) is 0 Å². The number of nitrogens with one attached hydrogen (secondary N) is 1. The van der Waals surface area contributed by atoms with Crippen LogP contribution in [0.2, 0.25) is 0 Å². The van der Waals surface area contributed by atoms with Crippen LogP contribution >= 0.6 is 0 Å². The van der Waals surface area contributed by atoms with Crippen molar-refractivity contribution in [2.75, 3.05) is 5.32 Å². The van der Waals surface area contributed by atoms with Crippen LogP contribution < -0.4 is 5.32 Å². The number of aromatic nitrogens is 1. The molecule has 1 N–H and O–H groups in total. The first-order valence-corrected chi connectivity index (χ1v) is 14.6. The molecule has 0 bridgehead atoms. The third kappa shape index (κ3) is 3.39. The zero-order valence-electron chi connectivity index (χ0n) is 22.9. The Morgan fingerprint density at radius 3 is 2.48 bits per heavy atom. The fourth-order valence-electron chi connectivity index (χ4n) is 6.85. The van der Waals surface area contributed by atoms with E-state index in [0.717, 1.165) is 68.6 Å². The summed E-state index contributed by atoms with van der Waals surface area (Å²) in [5.74, 6) is 0. The summed E-state index contributed by atoms with van der Waals surface area (Å²) in [5, 5.41) is 7.13. The molecule has 2 aliphatic rings. The van der Waals surface area contributed by atoms with E-state index < -0.39 is 0 Å². The van der Waals surface area contributed by atoms with Crippen LogP contribution in [0.25, 0.3) is 44.6 Å². The first kappa shape index (κ1) is 23.4. The van der Waals surface area contributed by atoms with E-state index in [9.17, 15) is 0 Å². The maximum Gasteiger partial charge on any atom is 0.159 e. The molecule has 9 rings (SSSR count). The van der Waals surface area contributed by atoms with E-state index in [1.165, 1.54) is 22.2 Å². The van der Waals surface area contributed by atoms with Crippen LogP contribution in [0.1, 0.15) is 40.5 Å². The molecular weight excluding hydrogens is 514 g/mol. The largest absolute Gasteiger partial charge is 0.454 e. The van der Waals surface area contributed by atoms with Crippen molar-refractivity contribution < 1.29 is 4.42 Å². The average Bonchev–Trinajstić information content (AvgIpc) is 3.61. The van der Waals surface area contributed by atoms with Crippen molar-refractivity contribution in [1.82, 2.24) is 4.57 Å². The Morgan fingerprint density at radius 1 is 0.738 bits per heavy atom. The number of furan rings is 1. The summed E-state index contributed by atoms with van der Waals surface area (Å²) >= 11 is 0. The lowest BCUT2D eigenvalue weighted by Gasteiger charge is -2.26. The summed E-state index contributed by atoms with van der Waals surface area (Å²) in [7, 11) is 0.